The molecule has 0 aromatic carbocycles. The van der Waals surface area contributed by atoms with Gasteiger partial charge in [0.05, 0.1) is 0 Å². The van der Waals surface area contributed by atoms with Crippen LogP contribution in [-0.2, 0) is 13.0 Å². The Morgan fingerprint density at radius 1 is 1.28 bits per heavy atom. The normalized spacial score (nSPS) is 10.8. The van der Waals surface area contributed by atoms with E-state index in [4.69, 9.17) is 0 Å². The first-order chi connectivity index (χ1) is 8.74. The number of hydrogen-bond acceptors (Lipinski definition) is 3. The molecule has 4 nitrogen and oxygen atoms in total. The maximum absolute atomic E-state index is 4.59. The second kappa shape index (κ2) is 5.78. The van der Waals surface area contributed by atoms with Crippen LogP contribution >= 0.6 is 0 Å². The van der Waals surface area contributed by atoms with E-state index in [1.807, 2.05) is 19.3 Å². The lowest BCUT2D eigenvalue weighted by Gasteiger charge is -2.10. The quantitative estimate of drug-likeness (QED) is 0.877. The van der Waals surface area contributed by atoms with Crippen molar-refractivity contribution in [3.8, 4) is 5.82 Å². The molecule has 0 aliphatic rings. The van der Waals surface area contributed by atoms with Gasteiger partial charge in [0.2, 0.25) is 0 Å². The van der Waals surface area contributed by atoms with Crippen LogP contribution in [-0.4, -0.2) is 21.1 Å². The fourth-order valence-corrected chi connectivity index (χ4v) is 2.02. The minimum Gasteiger partial charge on any atom is -0.313 e. The van der Waals surface area contributed by atoms with Crippen LogP contribution in [0.1, 0.15) is 30.9 Å². The summed E-state index contributed by atoms with van der Waals surface area (Å²) < 4.78 is 2.06. The molecular weight excluding hydrogens is 224 g/mol. The van der Waals surface area contributed by atoms with Gasteiger partial charge in [-0.15, -0.1) is 0 Å². The van der Waals surface area contributed by atoms with Crippen LogP contribution in [0, 0.1) is 6.92 Å². The average Bonchev–Trinajstić information content (AvgIpc) is 2.84. The summed E-state index contributed by atoms with van der Waals surface area (Å²) in [6.45, 7) is 8.10. The van der Waals surface area contributed by atoms with Crippen LogP contribution in [0.15, 0.2) is 24.5 Å². The van der Waals surface area contributed by atoms with Crippen LogP contribution in [0.3, 0.4) is 0 Å². The van der Waals surface area contributed by atoms with Crippen molar-refractivity contribution in [3.05, 3.63) is 41.6 Å². The topological polar surface area (TPSA) is 42.7 Å². The number of nitrogens with one attached hydrogen (secondary N) is 1. The van der Waals surface area contributed by atoms with Crippen LogP contribution in [0.5, 0.6) is 0 Å². The monoisotopic (exact) mass is 244 g/mol. The van der Waals surface area contributed by atoms with Gasteiger partial charge in [-0.05, 0) is 31.2 Å². The van der Waals surface area contributed by atoms with E-state index in [-0.39, 0.29) is 0 Å². The fraction of sp³-hybridized carbons (Fsp3) is 0.429. The molecule has 0 saturated carbocycles. The highest BCUT2D eigenvalue weighted by Gasteiger charge is 2.06. The molecule has 4 heteroatoms. The lowest BCUT2D eigenvalue weighted by atomic mass is 10.2. The van der Waals surface area contributed by atoms with Crippen LogP contribution in [0.4, 0.5) is 0 Å². The molecule has 0 saturated heterocycles. The molecule has 0 aliphatic heterocycles. The number of nitrogens with zero attached hydrogens (tertiary/aromatic N) is 3. The van der Waals surface area contributed by atoms with E-state index in [0.717, 1.165) is 36.8 Å². The van der Waals surface area contributed by atoms with Gasteiger partial charge in [0.15, 0.2) is 0 Å². The zero-order valence-corrected chi connectivity index (χ0v) is 11.3. The summed E-state index contributed by atoms with van der Waals surface area (Å²) in [5.74, 6) is 2.00. The zero-order valence-electron chi connectivity index (χ0n) is 11.3. The Hall–Kier alpha value is -1.68. The van der Waals surface area contributed by atoms with E-state index < -0.39 is 0 Å². The van der Waals surface area contributed by atoms with E-state index in [1.165, 1.54) is 5.56 Å². The Labute approximate surface area is 108 Å². The van der Waals surface area contributed by atoms with Gasteiger partial charge in [0.25, 0.3) is 0 Å². The third-order valence-electron chi connectivity index (χ3n) is 2.86. The van der Waals surface area contributed by atoms with E-state index in [2.05, 4.69) is 45.8 Å². The lowest BCUT2D eigenvalue weighted by molar-refractivity contribution is 0.723. The molecule has 0 radical (unpaired) electrons. The van der Waals surface area contributed by atoms with Crippen LogP contribution < -0.4 is 5.32 Å². The van der Waals surface area contributed by atoms with Gasteiger partial charge in [-0.25, -0.2) is 9.97 Å². The smallest absolute Gasteiger partial charge is 0.138 e. The molecule has 0 bridgehead atoms. The van der Waals surface area contributed by atoms with E-state index >= 15 is 0 Å². The zero-order chi connectivity index (χ0) is 13.0. The first-order valence-corrected chi connectivity index (χ1v) is 6.45. The number of aryl methyl sites for hydroxylation is 2. The third kappa shape index (κ3) is 2.76. The number of imidazole rings is 1. The highest BCUT2D eigenvalue weighted by Crippen LogP contribution is 2.12. The minimum atomic E-state index is 0.878. The second-order valence-electron chi connectivity index (χ2n) is 4.32. The van der Waals surface area contributed by atoms with Crippen molar-refractivity contribution < 1.29 is 0 Å². The Balaban J connectivity index is 2.35. The summed E-state index contributed by atoms with van der Waals surface area (Å²) in [6.07, 6.45) is 4.70. The van der Waals surface area contributed by atoms with Gasteiger partial charge in [-0.2, -0.15) is 0 Å². The largest absolute Gasteiger partial charge is 0.313 e. The molecule has 2 rings (SSSR count). The molecule has 0 fully saturated rings. The molecule has 0 atom stereocenters. The van der Waals surface area contributed by atoms with Gasteiger partial charge in [-0.1, -0.05) is 13.8 Å². The van der Waals surface area contributed by atoms with Gasteiger partial charge in [0.1, 0.15) is 11.6 Å². The first kappa shape index (κ1) is 12.8. The standard InChI is InChI=1S/C14H20N4/c1-4-13-16-6-7-18(13)14-9-12(10-15-5-2)8-11(3)17-14/h6-9,15H,4-5,10H2,1-3H3. The minimum absolute atomic E-state index is 0.878. The molecule has 0 unspecified atom stereocenters. The first-order valence-electron chi connectivity index (χ1n) is 6.45. The van der Waals surface area contributed by atoms with Crippen LogP contribution in [0.25, 0.3) is 5.82 Å². The van der Waals surface area contributed by atoms with Gasteiger partial charge < -0.3 is 5.32 Å². The maximum Gasteiger partial charge on any atom is 0.138 e. The molecule has 0 amide bonds. The molecule has 18 heavy (non-hydrogen) atoms. The van der Waals surface area contributed by atoms with Crippen molar-refractivity contribution in [1.82, 2.24) is 19.9 Å². The van der Waals surface area contributed by atoms with Gasteiger partial charge in [0, 0.05) is 31.1 Å². The third-order valence-corrected chi connectivity index (χ3v) is 2.86. The van der Waals surface area contributed by atoms with Crippen molar-refractivity contribution in [1.29, 1.82) is 0 Å². The molecule has 2 aromatic heterocycles. The SMILES string of the molecule is CCNCc1cc(C)nc(-n2ccnc2CC)c1. The molecule has 2 heterocycles. The number of hydrogen-bond donors (Lipinski definition) is 1. The number of rotatable bonds is 5. The van der Waals surface area contributed by atoms with Crippen LogP contribution in [0.2, 0.25) is 0 Å². The fourth-order valence-electron chi connectivity index (χ4n) is 2.02. The van der Waals surface area contributed by atoms with Crippen molar-refractivity contribution in [2.75, 3.05) is 6.54 Å². The van der Waals surface area contributed by atoms with E-state index in [9.17, 15) is 0 Å². The Bertz CT molecular complexity index is 516. The average molecular weight is 244 g/mol. The van der Waals surface area contributed by atoms with E-state index in [0.29, 0.717) is 0 Å². The predicted octanol–water partition coefficient (Wildman–Crippen LogP) is 2.25. The molecule has 0 spiro atoms. The van der Waals surface area contributed by atoms with E-state index in [1.54, 1.807) is 0 Å². The summed E-state index contributed by atoms with van der Waals surface area (Å²) in [7, 11) is 0. The molecular formula is C14H20N4. The van der Waals surface area contributed by atoms with Crippen molar-refractivity contribution >= 4 is 0 Å². The van der Waals surface area contributed by atoms with Crippen molar-refractivity contribution in [3.63, 3.8) is 0 Å². The highest BCUT2D eigenvalue weighted by molar-refractivity contribution is 5.32. The maximum atomic E-state index is 4.59. The van der Waals surface area contributed by atoms with Gasteiger partial charge >= 0.3 is 0 Å². The summed E-state index contributed by atoms with van der Waals surface area (Å²) in [5.41, 5.74) is 2.30. The number of aromatic nitrogens is 3. The Morgan fingerprint density at radius 3 is 2.83 bits per heavy atom. The molecule has 1 N–H and O–H groups in total. The number of pyridine rings is 1. The van der Waals surface area contributed by atoms with Gasteiger partial charge in [-0.3, -0.25) is 4.57 Å². The Kier molecular flexibility index (Phi) is 4.10. The van der Waals surface area contributed by atoms with Crippen molar-refractivity contribution in [2.24, 2.45) is 0 Å². The molecule has 2 aromatic rings. The molecule has 96 valence electrons. The summed E-state index contributed by atoms with van der Waals surface area (Å²) >= 11 is 0. The summed E-state index contributed by atoms with van der Waals surface area (Å²) in [4.78, 5) is 8.93. The summed E-state index contributed by atoms with van der Waals surface area (Å²) in [5, 5.41) is 3.34. The van der Waals surface area contributed by atoms with Crippen molar-refractivity contribution in [2.45, 2.75) is 33.7 Å². The predicted molar refractivity (Wildman–Crippen MR) is 72.9 cm³/mol. The summed E-state index contributed by atoms with van der Waals surface area (Å²) in [6, 6.07) is 4.24. The lowest BCUT2D eigenvalue weighted by Crippen LogP contribution is -2.13. The molecule has 0 aliphatic carbocycles. The second-order valence-corrected chi connectivity index (χ2v) is 4.32. The highest BCUT2D eigenvalue weighted by atomic mass is 15.1. The Morgan fingerprint density at radius 2 is 2.11 bits per heavy atom.